The molecular formula is C15H21NO. The quantitative estimate of drug-likeness (QED) is 0.726. The summed E-state index contributed by atoms with van der Waals surface area (Å²) in [5.41, 5.74) is 1.97. The summed E-state index contributed by atoms with van der Waals surface area (Å²) < 4.78 is 0. The van der Waals surface area contributed by atoms with Gasteiger partial charge in [0.15, 0.2) is 0 Å². The van der Waals surface area contributed by atoms with Crippen LogP contribution in [0.3, 0.4) is 0 Å². The van der Waals surface area contributed by atoms with Crippen LogP contribution in [0.4, 0.5) is 5.69 Å². The van der Waals surface area contributed by atoms with Gasteiger partial charge >= 0.3 is 0 Å². The van der Waals surface area contributed by atoms with Crippen LogP contribution in [-0.2, 0) is 10.2 Å². The lowest BCUT2D eigenvalue weighted by molar-refractivity contribution is -0.122. The van der Waals surface area contributed by atoms with Gasteiger partial charge in [-0.1, -0.05) is 44.4 Å². The third-order valence-corrected chi connectivity index (χ3v) is 3.92. The zero-order chi connectivity index (χ0) is 12.5. The lowest BCUT2D eigenvalue weighted by atomic mass is 9.79. The molecule has 0 saturated carbocycles. The van der Waals surface area contributed by atoms with E-state index in [2.05, 4.69) is 19.9 Å². The molecule has 2 heteroatoms. The van der Waals surface area contributed by atoms with Crippen molar-refractivity contribution in [1.82, 2.24) is 0 Å². The number of amides is 1. The van der Waals surface area contributed by atoms with E-state index >= 15 is 0 Å². The van der Waals surface area contributed by atoms with Gasteiger partial charge in [-0.25, -0.2) is 0 Å². The van der Waals surface area contributed by atoms with E-state index in [-0.39, 0.29) is 11.3 Å². The molecule has 0 spiro atoms. The van der Waals surface area contributed by atoms with Crippen molar-refractivity contribution in [3.05, 3.63) is 29.8 Å². The van der Waals surface area contributed by atoms with Crippen molar-refractivity contribution in [2.45, 2.75) is 44.9 Å². The van der Waals surface area contributed by atoms with Gasteiger partial charge in [0.1, 0.15) is 0 Å². The number of carbonyl (C=O) groups is 1. The third-order valence-electron chi connectivity index (χ3n) is 3.92. The van der Waals surface area contributed by atoms with Crippen molar-refractivity contribution in [3.63, 3.8) is 0 Å². The maximum atomic E-state index is 12.4. The molecule has 0 N–H and O–H groups in total. The molecule has 0 fully saturated rings. The summed E-state index contributed by atoms with van der Waals surface area (Å²) in [6.07, 6.45) is 4.48. The van der Waals surface area contributed by atoms with Crippen molar-refractivity contribution in [1.29, 1.82) is 0 Å². The minimum absolute atomic E-state index is 0.245. The minimum atomic E-state index is -0.305. The van der Waals surface area contributed by atoms with Gasteiger partial charge < -0.3 is 4.90 Å². The summed E-state index contributed by atoms with van der Waals surface area (Å²) in [6.45, 7) is 4.28. The Bertz CT molecular complexity index is 427. The van der Waals surface area contributed by atoms with Crippen molar-refractivity contribution >= 4 is 11.6 Å². The predicted molar refractivity (Wildman–Crippen MR) is 71.3 cm³/mol. The number of benzene rings is 1. The largest absolute Gasteiger partial charge is 0.314 e. The van der Waals surface area contributed by atoms with E-state index in [9.17, 15) is 4.79 Å². The zero-order valence-electron chi connectivity index (χ0n) is 11.0. The first-order chi connectivity index (χ1) is 8.11. The van der Waals surface area contributed by atoms with Crippen LogP contribution in [-0.4, -0.2) is 13.0 Å². The van der Waals surface area contributed by atoms with Gasteiger partial charge in [0.25, 0.3) is 0 Å². The fourth-order valence-corrected chi connectivity index (χ4v) is 2.80. The summed E-state index contributed by atoms with van der Waals surface area (Å²) in [5.74, 6) is 0.245. The molecule has 0 saturated heterocycles. The van der Waals surface area contributed by atoms with E-state index in [0.717, 1.165) is 18.5 Å². The zero-order valence-corrected chi connectivity index (χ0v) is 11.0. The molecule has 2 rings (SSSR count). The normalized spacial score (nSPS) is 23.0. The molecule has 0 aromatic heterocycles. The second kappa shape index (κ2) is 4.52. The second-order valence-corrected chi connectivity index (χ2v) is 5.17. The summed E-state index contributed by atoms with van der Waals surface area (Å²) in [5, 5.41) is 0. The number of likely N-dealkylation sites (N-methyl/N-ethyl adjacent to an activating group) is 1. The number of hydrogen-bond donors (Lipinski definition) is 0. The molecule has 1 aromatic carbocycles. The van der Waals surface area contributed by atoms with E-state index in [1.807, 2.05) is 25.2 Å². The third kappa shape index (κ3) is 1.86. The Balaban J connectivity index is 2.31. The van der Waals surface area contributed by atoms with Crippen LogP contribution in [0.1, 0.15) is 45.1 Å². The Morgan fingerprint density at radius 2 is 1.94 bits per heavy atom. The molecule has 0 radical (unpaired) electrons. The lowest BCUT2D eigenvalue weighted by Gasteiger charge is -2.23. The first-order valence-electron chi connectivity index (χ1n) is 6.49. The van der Waals surface area contributed by atoms with Crippen LogP contribution in [0, 0.1) is 0 Å². The van der Waals surface area contributed by atoms with E-state index in [4.69, 9.17) is 0 Å². The number of anilines is 1. The molecular weight excluding hydrogens is 210 g/mol. The number of fused-ring (bicyclic) bond motifs is 1. The highest BCUT2D eigenvalue weighted by atomic mass is 16.2. The SMILES string of the molecule is CCCCC[C@@]1(C)C(=O)N(C)c2ccccc21. The molecule has 2 nitrogen and oxygen atoms in total. The van der Waals surface area contributed by atoms with Crippen LogP contribution in [0.15, 0.2) is 24.3 Å². The van der Waals surface area contributed by atoms with Gasteiger partial charge in [-0.2, -0.15) is 0 Å². The maximum Gasteiger partial charge on any atom is 0.237 e. The molecule has 1 atom stereocenters. The van der Waals surface area contributed by atoms with Crippen LogP contribution in [0.2, 0.25) is 0 Å². The van der Waals surface area contributed by atoms with Crippen molar-refractivity contribution < 1.29 is 4.79 Å². The Morgan fingerprint density at radius 1 is 1.24 bits per heavy atom. The van der Waals surface area contributed by atoms with E-state index in [1.165, 1.54) is 18.4 Å². The highest BCUT2D eigenvalue weighted by molar-refractivity contribution is 6.07. The molecule has 1 amide bonds. The molecule has 1 heterocycles. The van der Waals surface area contributed by atoms with Crippen molar-refractivity contribution in [2.75, 3.05) is 11.9 Å². The van der Waals surface area contributed by atoms with E-state index in [0.29, 0.717) is 0 Å². The molecule has 17 heavy (non-hydrogen) atoms. The Morgan fingerprint density at radius 3 is 2.65 bits per heavy atom. The average Bonchev–Trinajstić information content (AvgIpc) is 2.54. The second-order valence-electron chi connectivity index (χ2n) is 5.17. The number of carbonyl (C=O) groups excluding carboxylic acids is 1. The summed E-state index contributed by atoms with van der Waals surface area (Å²) in [4.78, 5) is 14.2. The molecule has 92 valence electrons. The molecule has 1 aliphatic heterocycles. The Labute approximate surface area is 104 Å². The molecule has 0 unspecified atom stereocenters. The van der Waals surface area contributed by atoms with Gasteiger partial charge in [-0.3, -0.25) is 4.79 Å². The van der Waals surface area contributed by atoms with Crippen LogP contribution in [0.5, 0.6) is 0 Å². The van der Waals surface area contributed by atoms with Gasteiger partial charge in [-0.15, -0.1) is 0 Å². The molecule has 1 aromatic rings. The molecule has 1 aliphatic rings. The van der Waals surface area contributed by atoms with Crippen LogP contribution in [0.25, 0.3) is 0 Å². The summed E-state index contributed by atoms with van der Waals surface area (Å²) in [7, 11) is 1.88. The standard InChI is InChI=1S/C15H21NO/c1-4-5-8-11-15(2)12-9-6-7-10-13(12)16(3)14(15)17/h6-7,9-10H,4-5,8,11H2,1-3H3/t15-/m1/s1. The monoisotopic (exact) mass is 231 g/mol. The number of nitrogens with zero attached hydrogens (tertiary/aromatic N) is 1. The average molecular weight is 231 g/mol. The predicted octanol–water partition coefficient (Wildman–Crippen LogP) is 3.50. The molecule has 0 aliphatic carbocycles. The fraction of sp³-hybridized carbons (Fsp3) is 0.533. The molecule has 0 bridgehead atoms. The Hall–Kier alpha value is -1.31. The maximum absolute atomic E-state index is 12.4. The van der Waals surface area contributed by atoms with Gasteiger partial charge in [-0.05, 0) is 25.0 Å². The number of unbranched alkanes of at least 4 members (excludes halogenated alkanes) is 2. The summed E-state index contributed by atoms with van der Waals surface area (Å²) in [6, 6.07) is 8.17. The fourth-order valence-electron chi connectivity index (χ4n) is 2.80. The van der Waals surface area contributed by atoms with Crippen molar-refractivity contribution in [3.8, 4) is 0 Å². The van der Waals surface area contributed by atoms with Crippen LogP contribution < -0.4 is 4.90 Å². The van der Waals surface area contributed by atoms with Crippen molar-refractivity contribution in [2.24, 2.45) is 0 Å². The smallest absolute Gasteiger partial charge is 0.237 e. The number of hydrogen-bond acceptors (Lipinski definition) is 1. The highest BCUT2D eigenvalue weighted by Crippen LogP contribution is 2.43. The first kappa shape index (κ1) is 12.2. The van der Waals surface area contributed by atoms with Crippen LogP contribution >= 0.6 is 0 Å². The summed E-state index contributed by atoms with van der Waals surface area (Å²) >= 11 is 0. The first-order valence-corrected chi connectivity index (χ1v) is 6.49. The van der Waals surface area contributed by atoms with Gasteiger partial charge in [0.2, 0.25) is 5.91 Å². The van der Waals surface area contributed by atoms with E-state index in [1.54, 1.807) is 4.90 Å². The number of rotatable bonds is 4. The lowest BCUT2D eigenvalue weighted by Crippen LogP contribution is -2.36. The van der Waals surface area contributed by atoms with E-state index < -0.39 is 0 Å². The topological polar surface area (TPSA) is 20.3 Å². The van der Waals surface area contributed by atoms with Gasteiger partial charge in [0.05, 0.1) is 5.41 Å². The highest BCUT2D eigenvalue weighted by Gasteiger charge is 2.44. The Kier molecular flexibility index (Phi) is 3.23. The minimum Gasteiger partial charge on any atom is -0.314 e. The van der Waals surface area contributed by atoms with Gasteiger partial charge in [0, 0.05) is 12.7 Å². The number of para-hydroxylation sites is 1.